The van der Waals surface area contributed by atoms with Crippen molar-refractivity contribution in [2.45, 2.75) is 232 Å². The number of amides is 1. The lowest BCUT2D eigenvalue weighted by Gasteiger charge is -2.24. The first-order valence-electron chi connectivity index (χ1n) is 25.7. The Labute approximate surface area is 388 Å². The van der Waals surface area contributed by atoms with Gasteiger partial charge >= 0.3 is 5.97 Å². The van der Waals surface area contributed by atoms with E-state index in [4.69, 9.17) is 4.74 Å². The van der Waals surface area contributed by atoms with E-state index in [1.807, 2.05) is 54.7 Å². The lowest BCUT2D eigenvalue weighted by molar-refractivity contribution is -0.151. The van der Waals surface area contributed by atoms with Crippen molar-refractivity contribution in [3.05, 3.63) is 109 Å². The van der Waals surface area contributed by atoms with Crippen molar-refractivity contribution in [2.75, 3.05) is 6.61 Å². The normalized spacial score (nSPS) is 14.2. The Bertz CT molecular complexity index is 1300. The first-order valence-corrected chi connectivity index (χ1v) is 25.7. The third-order valence-corrected chi connectivity index (χ3v) is 11.0. The number of esters is 1. The van der Waals surface area contributed by atoms with Gasteiger partial charge in [0.15, 0.2) is 0 Å². The Balaban J connectivity index is 4.74. The molecular formula is C57H95NO5. The predicted molar refractivity (Wildman–Crippen MR) is 273 cm³/mol. The van der Waals surface area contributed by atoms with Gasteiger partial charge in [-0.1, -0.05) is 233 Å². The fourth-order valence-electron chi connectivity index (χ4n) is 7.18. The van der Waals surface area contributed by atoms with Crippen molar-refractivity contribution < 1.29 is 24.5 Å². The Hall–Kier alpha value is -3.48. The maximum Gasteiger partial charge on any atom is 0.306 e. The summed E-state index contributed by atoms with van der Waals surface area (Å²) in [4.78, 5) is 26.2. The largest absolute Gasteiger partial charge is 0.462 e. The average molecular weight is 874 g/mol. The monoisotopic (exact) mass is 874 g/mol. The van der Waals surface area contributed by atoms with Crippen LogP contribution in [0.2, 0.25) is 0 Å². The number of allylic oxidation sites excluding steroid dienone is 18. The fraction of sp³-hybridized carbons (Fsp3) is 0.649. The lowest BCUT2D eigenvalue weighted by Crippen LogP contribution is -2.46. The van der Waals surface area contributed by atoms with Crippen LogP contribution in [0.25, 0.3) is 0 Å². The number of aliphatic hydroxyl groups excluding tert-OH is 2. The number of rotatable bonds is 44. The SMILES string of the molecule is CC\C=C/C=C/C=C/C=C\C=C\C=C\CCCCCC(=O)OC(CCCCCC/C=C/C/C=C/C/C=C/CC)CC(=O)NC(CO)C(O)CCCCCCCCCCCCCCC. The fourth-order valence-corrected chi connectivity index (χ4v) is 7.18. The highest BCUT2D eigenvalue weighted by atomic mass is 16.5. The van der Waals surface area contributed by atoms with Crippen LogP contribution in [0.3, 0.4) is 0 Å². The summed E-state index contributed by atoms with van der Waals surface area (Å²) in [6.45, 7) is 6.20. The molecule has 6 nitrogen and oxygen atoms in total. The summed E-state index contributed by atoms with van der Waals surface area (Å²) in [5, 5.41) is 23.8. The van der Waals surface area contributed by atoms with Gasteiger partial charge in [0.25, 0.3) is 0 Å². The molecule has 0 aromatic rings. The smallest absolute Gasteiger partial charge is 0.306 e. The van der Waals surface area contributed by atoms with E-state index in [1.54, 1.807) is 0 Å². The number of ether oxygens (including phenoxy) is 1. The van der Waals surface area contributed by atoms with Gasteiger partial charge in [-0.05, 0) is 77.0 Å². The molecule has 0 aliphatic heterocycles. The molecule has 0 aliphatic rings. The highest BCUT2D eigenvalue weighted by molar-refractivity contribution is 5.77. The summed E-state index contributed by atoms with van der Waals surface area (Å²) in [5.41, 5.74) is 0. The third-order valence-electron chi connectivity index (χ3n) is 11.0. The summed E-state index contributed by atoms with van der Waals surface area (Å²) in [6, 6.07) is -0.726. The highest BCUT2D eigenvalue weighted by Crippen LogP contribution is 2.17. The Kier molecular flexibility index (Phi) is 46.8. The minimum atomic E-state index is -0.809. The van der Waals surface area contributed by atoms with Crippen molar-refractivity contribution >= 4 is 11.9 Å². The molecule has 0 heterocycles. The van der Waals surface area contributed by atoms with Crippen LogP contribution in [0, 0.1) is 0 Å². The van der Waals surface area contributed by atoms with E-state index in [9.17, 15) is 19.8 Å². The van der Waals surface area contributed by atoms with E-state index in [-0.39, 0.29) is 24.9 Å². The number of carbonyl (C=O) groups is 2. The van der Waals surface area contributed by atoms with Gasteiger partial charge < -0.3 is 20.3 Å². The van der Waals surface area contributed by atoms with Crippen molar-refractivity contribution in [3.63, 3.8) is 0 Å². The van der Waals surface area contributed by atoms with Crippen LogP contribution in [-0.2, 0) is 14.3 Å². The zero-order valence-corrected chi connectivity index (χ0v) is 40.7. The molecule has 0 saturated carbocycles. The summed E-state index contributed by atoms with van der Waals surface area (Å²) in [6.07, 6.45) is 67.1. The minimum absolute atomic E-state index is 0.0374. The van der Waals surface area contributed by atoms with Gasteiger partial charge in [-0.2, -0.15) is 0 Å². The molecule has 0 bridgehead atoms. The van der Waals surface area contributed by atoms with Gasteiger partial charge in [-0.25, -0.2) is 0 Å². The van der Waals surface area contributed by atoms with Crippen LogP contribution in [0.15, 0.2) is 109 Å². The Morgan fingerprint density at radius 2 is 0.937 bits per heavy atom. The molecule has 3 atom stereocenters. The topological polar surface area (TPSA) is 95.9 Å². The summed E-state index contributed by atoms with van der Waals surface area (Å²) in [7, 11) is 0. The van der Waals surface area contributed by atoms with Crippen molar-refractivity contribution in [1.82, 2.24) is 5.32 Å². The molecule has 63 heavy (non-hydrogen) atoms. The lowest BCUT2D eigenvalue weighted by atomic mass is 10.0. The van der Waals surface area contributed by atoms with Gasteiger partial charge in [0.2, 0.25) is 5.91 Å². The van der Waals surface area contributed by atoms with E-state index < -0.39 is 18.2 Å². The van der Waals surface area contributed by atoms with Gasteiger partial charge in [0.05, 0.1) is 25.2 Å². The highest BCUT2D eigenvalue weighted by Gasteiger charge is 2.24. The van der Waals surface area contributed by atoms with Gasteiger partial charge in [-0.3, -0.25) is 9.59 Å². The van der Waals surface area contributed by atoms with E-state index >= 15 is 0 Å². The number of nitrogens with one attached hydrogen (secondary N) is 1. The molecule has 3 N–H and O–H groups in total. The van der Waals surface area contributed by atoms with Crippen LogP contribution >= 0.6 is 0 Å². The second kappa shape index (κ2) is 49.5. The minimum Gasteiger partial charge on any atom is -0.462 e. The number of aliphatic hydroxyl groups is 2. The van der Waals surface area contributed by atoms with Gasteiger partial charge in [0.1, 0.15) is 6.10 Å². The number of hydrogen-bond acceptors (Lipinski definition) is 5. The van der Waals surface area contributed by atoms with E-state index in [2.05, 4.69) is 80.8 Å². The second-order valence-corrected chi connectivity index (χ2v) is 17.0. The Morgan fingerprint density at radius 3 is 1.49 bits per heavy atom. The first-order chi connectivity index (χ1) is 31.0. The average Bonchev–Trinajstić information content (AvgIpc) is 3.28. The predicted octanol–water partition coefficient (Wildman–Crippen LogP) is 15.5. The zero-order chi connectivity index (χ0) is 45.9. The van der Waals surface area contributed by atoms with Crippen LogP contribution in [0.5, 0.6) is 0 Å². The van der Waals surface area contributed by atoms with Crippen molar-refractivity contribution in [1.29, 1.82) is 0 Å². The van der Waals surface area contributed by atoms with Crippen LogP contribution in [0.4, 0.5) is 0 Å². The molecule has 0 radical (unpaired) electrons. The molecular weight excluding hydrogens is 779 g/mol. The standard InChI is InChI=1S/C57H95NO5/c1-4-7-10-13-16-19-22-25-27-28-29-32-35-38-41-44-47-50-57(62)63-53(48-45-42-39-36-33-31-26-23-20-17-14-11-8-5-2)51-56(61)58-54(52-59)55(60)49-46-43-40-37-34-30-24-21-18-15-12-9-6-3/h7-8,10-11,13,16-17,19-20,22,25-29,31-32,35,53-55,59-60H,4-6,9,12,14-15,18,21,23-24,30,33-34,36-52H2,1-3H3,(H,58,61)/b10-7-,11-8+,16-13+,20-17+,22-19+,27-25-,29-28+,31-26+,35-32+. The van der Waals surface area contributed by atoms with Crippen LogP contribution in [0.1, 0.15) is 213 Å². The van der Waals surface area contributed by atoms with Crippen LogP contribution < -0.4 is 5.32 Å². The third kappa shape index (κ3) is 44.9. The number of hydrogen-bond donors (Lipinski definition) is 3. The molecule has 0 saturated heterocycles. The quantitative estimate of drug-likeness (QED) is 0.0245. The summed E-state index contributed by atoms with van der Waals surface area (Å²) in [5.74, 6) is -0.556. The molecule has 358 valence electrons. The molecule has 0 spiro atoms. The maximum atomic E-state index is 13.2. The van der Waals surface area contributed by atoms with Crippen molar-refractivity contribution in [3.8, 4) is 0 Å². The van der Waals surface area contributed by atoms with Gasteiger partial charge in [-0.15, -0.1) is 0 Å². The number of carbonyl (C=O) groups excluding carboxylic acids is 2. The molecule has 0 rings (SSSR count). The molecule has 0 aromatic carbocycles. The molecule has 3 unspecified atom stereocenters. The van der Waals surface area contributed by atoms with E-state index in [0.717, 1.165) is 103 Å². The van der Waals surface area contributed by atoms with E-state index in [0.29, 0.717) is 19.3 Å². The second-order valence-electron chi connectivity index (χ2n) is 17.0. The van der Waals surface area contributed by atoms with Crippen molar-refractivity contribution in [2.24, 2.45) is 0 Å². The molecule has 0 fully saturated rings. The molecule has 6 heteroatoms. The summed E-state index contributed by atoms with van der Waals surface area (Å²) < 4.78 is 5.90. The van der Waals surface area contributed by atoms with Crippen LogP contribution in [-0.4, -0.2) is 46.9 Å². The Morgan fingerprint density at radius 1 is 0.492 bits per heavy atom. The molecule has 1 amide bonds. The van der Waals surface area contributed by atoms with Gasteiger partial charge in [0, 0.05) is 6.42 Å². The van der Waals surface area contributed by atoms with E-state index in [1.165, 1.54) is 64.2 Å². The zero-order valence-electron chi connectivity index (χ0n) is 40.7. The molecule has 0 aromatic heterocycles. The summed E-state index contributed by atoms with van der Waals surface area (Å²) >= 11 is 0. The maximum absolute atomic E-state index is 13.2. The first kappa shape index (κ1) is 59.5. The molecule has 0 aliphatic carbocycles. The number of unbranched alkanes of at least 4 members (excludes halogenated alkanes) is 19.